The van der Waals surface area contributed by atoms with Crippen molar-refractivity contribution in [3.05, 3.63) is 48.0 Å². The minimum atomic E-state index is -0.413. The van der Waals surface area contributed by atoms with Crippen LogP contribution in [0.2, 0.25) is 0 Å². The monoisotopic (exact) mass is 329 g/mol. The van der Waals surface area contributed by atoms with Crippen molar-refractivity contribution < 1.29 is 23.8 Å². The quantitative estimate of drug-likeness (QED) is 0.651. The lowest BCUT2D eigenvalue weighted by Gasteiger charge is -2.10. The molecule has 6 heteroatoms. The fourth-order valence-corrected chi connectivity index (χ4v) is 2.18. The van der Waals surface area contributed by atoms with Crippen molar-refractivity contribution in [3.63, 3.8) is 0 Å². The first-order valence-corrected chi connectivity index (χ1v) is 7.31. The van der Waals surface area contributed by atoms with E-state index in [0.717, 1.165) is 5.56 Å². The first kappa shape index (κ1) is 17.3. The predicted octanol–water partition coefficient (Wildman–Crippen LogP) is 2.81. The van der Waals surface area contributed by atoms with Crippen molar-refractivity contribution in [3.8, 4) is 17.2 Å². The zero-order valence-electron chi connectivity index (χ0n) is 13.8. The number of hydrogen-bond acceptors (Lipinski definition) is 5. The van der Waals surface area contributed by atoms with Crippen LogP contribution in [0.25, 0.3) is 0 Å². The van der Waals surface area contributed by atoms with Crippen molar-refractivity contribution in [1.82, 2.24) is 0 Å². The van der Waals surface area contributed by atoms with E-state index in [1.165, 1.54) is 6.92 Å². The molecule has 2 aromatic rings. The van der Waals surface area contributed by atoms with E-state index in [2.05, 4.69) is 5.32 Å². The molecule has 126 valence electrons. The molecule has 0 radical (unpaired) electrons. The Hall–Kier alpha value is -3.02. The van der Waals surface area contributed by atoms with Crippen LogP contribution >= 0.6 is 0 Å². The molecule has 24 heavy (non-hydrogen) atoms. The van der Waals surface area contributed by atoms with Crippen LogP contribution in [0.1, 0.15) is 12.5 Å². The van der Waals surface area contributed by atoms with E-state index in [1.54, 1.807) is 56.7 Å². The van der Waals surface area contributed by atoms with Gasteiger partial charge in [-0.1, -0.05) is 12.1 Å². The molecule has 0 aliphatic heterocycles. The summed E-state index contributed by atoms with van der Waals surface area (Å²) in [6.07, 6.45) is 0.179. The molecule has 1 amide bonds. The van der Waals surface area contributed by atoms with E-state index in [9.17, 15) is 9.59 Å². The highest BCUT2D eigenvalue weighted by molar-refractivity contribution is 5.92. The highest BCUT2D eigenvalue weighted by Crippen LogP contribution is 2.27. The molecule has 0 atom stereocenters. The number of ether oxygens (including phenoxy) is 3. The molecular formula is C18H19NO5. The molecular weight excluding hydrogens is 310 g/mol. The van der Waals surface area contributed by atoms with Crippen molar-refractivity contribution >= 4 is 17.6 Å². The van der Waals surface area contributed by atoms with E-state index in [4.69, 9.17) is 14.2 Å². The molecule has 0 saturated carbocycles. The first-order valence-electron chi connectivity index (χ1n) is 7.31. The van der Waals surface area contributed by atoms with Gasteiger partial charge in [-0.05, 0) is 29.8 Å². The lowest BCUT2D eigenvalue weighted by molar-refractivity contribution is -0.131. The number of nitrogens with one attached hydrogen (secondary N) is 1. The van der Waals surface area contributed by atoms with Crippen LogP contribution < -0.4 is 19.5 Å². The number of amides is 1. The van der Waals surface area contributed by atoms with Gasteiger partial charge >= 0.3 is 5.97 Å². The molecule has 0 spiro atoms. The first-order chi connectivity index (χ1) is 11.5. The number of hydrogen-bond donors (Lipinski definition) is 1. The van der Waals surface area contributed by atoms with Crippen LogP contribution in [0, 0.1) is 0 Å². The van der Waals surface area contributed by atoms with Crippen molar-refractivity contribution in [1.29, 1.82) is 0 Å². The summed E-state index contributed by atoms with van der Waals surface area (Å²) < 4.78 is 15.4. The fourth-order valence-electron chi connectivity index (χ4n) is 2.18. The average molecular weight is 329 g/mol. The second-order valence-corrected chi connectivity index (χ2v) is 5.04. The van der Waals surface area contributed by atoms with Gasteiger partial charge in [-0.15, -0.1) is 0 Å². The predicted molar refractivity (Wildman–Crippen MR) is 89.6 cm³/mol. The van der Waals surface area contributed by atoms with Crippen molar-refractivity contribution in [2.24, 2.45) is 0 Å². The summed E-state index contributed by atoms with van der Waals surface area (Å²) in [5.41, 5.74) is 1.35. The third-order valence-corrected chi connectivity index (χ3v) is 3.19. The lowest BCUT2D eigenvalue weighted by Crippen LogP contribution is -2.14. The number of methoxy groups -OCH3 is 2. The van der Waals surface area contributed by atoms with Crippen LogP contribution in [0.15, 0.2) is 42.5 Å². The van der Waals surface area contributed by atoms with Gasteiger partial charge < -0.3 is 19.5 Å². The standard InChI is InChI=1S/C18H19NO5/c1-12(20)24-15-6-4-5-14(11-15)19-18(21)10-13-7-8-16(22-2)17(9-13)23-3/h4-9,11H,10H2,1-3H3,(H,19,21). The smallest absolute Gasteiger partial charge is 0.308 e. The Morgan fingerprint density at radius 2 is 1.75 bits per heavy atom. The Balaban J connectivity index is 2.04. The van der Waals surface area contributed by atoms with E-state index in [-0.39, 0.29) is 12.3 Å². The minimum Gasteiger partial charge on any atom is -0.493 e. The third-order valence-electron chi connectivity index (χ3n) is 3.19. The number of rotatable bonds is 6. The molecule has 0 bridgehead atoms. The SMILES string of the molecule is COc1ccc(CC(=O)Nc2cccc(OC(C)=O)c2)cc1OC. The molecule has 0 aliphatic rings. The van der Waals surface area contributed by atoms with E-state index in [0.29, 0.717) is 22.9 Å². The minimum absolute atomic E-state index is 0.179. The number of carbonyl (C=O) groups excluding carboxylic acids is 2. The Labute approximate surface area is 140 Å². The number of anilines is 1. The van der Waals surface area contributed by atoms with E-state index >= 15 is 0 Å². The second kappa shape index (κ2) is 8.01. The molecule has 1 N–H and O–H groups in total. The summed E-state index contributed by atoms with van der Waals surface area (Å²) in [5, 5.41) is 2.77. The van der Waals surface area contributed by atoms with Crippen LogP contribution in [-0.2, 0) is 16.0 Å². The van der Waals surface area contributed by atoms with Gasteiger partial charge in [0.15, 0.2) is 11.5 Å². The molecule has 0 aromatic heterocycles. The Bertz CT molecular complexity index is 742. The van der Waals surface area contributed by atoms with E-state index < -0.39 is 5.97 Å². The Morgan fingerprint density at radius 1 is 1.00 bits per heavy atom. The topological polar surface area (TPSA) is 73.9 Å². The van der Waals surface area contributed by atoms with Gasteiger partial charge in [-0.3, -0.25) is 9.59 Å². The average Bonchev–Trinajstić information content (AvgIpc) is 2.54. The normalized spacial score (nSPS) is 9.96. The van der Waals surface area contributed by atoms with Crippen LogP contribution in [0.4, 0.5) is 5.69 Å². The number of benzene rings is 2. The Morgan fingerprint density at radius 3 is 2.42 bits per heavy atom. The molecule has 0 saturated heterocycles. The molecule has 0 unspecified atom stereocenters. The summed E-state index contributed by atoms with van der Waals surface area (Å²) >= 11 is 0. The van der Waals surface area contributed by atoms with Crippen molar-refractivity contribution in [2.75, 3.05) is 19.5 Å². The van der Waals surface area contributed by atoms with Gasteiger partial charge in [-0.2, -0.15) is 0 Å². The lowest BCUT2D eigenvalue weighted by atomic mass is 10.1. The highest BCUT2D eigenvalue weighted by Gasteiger charge is 2.09. The van der Waals surface area contributed by atoms with E-state index in [1.807, 2.05) is 0 Å². The zero-order valence-corrected chi connectivity index (χ0v) is 13.8. The highest BCUT2D eigenvalue weighted by atomic mass is 16.5. The van der Waals surface area contributed by atoms with Gasteiger partial charge in [0.05, 0.1) is 20.6 Å². The fraction of sp³-hybridized carbons (Fsp3) is 0.222. The van der Waals surface area contributed by atoms with Crippen LogP contribution in [0.5, 0.6) is 17.2 Å². The molecule has 0 fully saturated rings. The number of carbonyl (C=O) groups is 2. The van der Waals surface area contributed by atoms with Gasteiger partial charge in [0, 0.05) is 18.7 Å². The molecule has 2 rings (SSSR count). The number of esters is 1. The summed E-state index contributed by atoms with van der Waals surface area (Å²) in [4.78, 5) is 23.1. The van der Waals surface area contributed by atoms with Crippen LogP contribution in [-0.4, -0.2) is 26.1 Å². The molecule has 0 heterocycles. The molecule has 6 nitrogen and oxygen atoms in total. The second-order valence-electron chi connectivity index (χ2n) is 5.04. The molecule has 2 aromatic carbocycles. The maximum atomic E-state index is 12.2. The summed E-state index contributed by atoms with van der Waals surface area (Å²) in [7, 11) is 3.10. The largest absolute Gasteiger partial charge is 0.493 e. The summed E-state index contributed by atoms with van der Waals surface area (Å²) in [6, 6.07) is 12.0. The maximum Gasteiger partial charge on any atom is 0.308 e. The molecule has 0 aliphatic carbocycles. The van der Waals surface area contributed by atoms with Crippen LogP contribution in [0.3, 0.4) is 0 Å². The van der Waals surface area contributed by atoms with Gasteiger partial charge in [0.2, 0.25) is 5.91 Å². The summed E-state index contributed by atoms with van der Waals surface area (Å²) in [6.45, 7) is 1.32. The van der Waals surface area contributed by atoms with Gasteiger partial charge in [0.25, 0.3) is 0 Å². The van der Waals surface area contributed by atoms with Gasteiger partial charge in [0.1, 0.15) is 5.75 Å². The van der Waals surface area contributed by atoms with Crippen molar-refractivity contribution in [2.45, 2.75) is 13.3 Å². The third kappa shape index (κ3) is 4.74. The summed E-state index contributed by atoms with van der Waals surface area (Å²) in [5.74, 6) is 0.952. The maximum absolute atomic E-state index is 12.2. The Kier molecular flexibility index (Phi) is 5.78. The van der Waals surface area contributed by atoms with Gasteiger partial charge in [-0.25, -0.2) is 0 Å². The zero-order chi connectivity index (χ0) is 17.5.